The molecule has 0 aromatic carbocycles. The third-order valence-corrected chi connectivity index (χ3v) is 5.22. The van der Waals surface area contributed by atoms with Gasteiger partial charge in [-0.05, 0) is 39.0 Å². The lowest BCUT2D eigenvalue weighted by Gasteiger charge is -2.23. The fourth-order valence-electron chi connectivity index (χ4n) is 3.31. The molecule has 0 spiro atoms. The molecule has 0 aromatic rings. The minimum atomic E-state index is -0.286. The molecule has 0 aromatic heterocycles. The molecule has 1 heterocycles. The summed E-state index contributed by atoms with van der Waals surface area (Å²) >= 11 is 0. The fraction of sp³-hybridized carbons (Fsp3) is 0.739. The second kappa shape index (κ2) is 18.8. The van der Waals surface area contributed by atoms with E-state index in [-0.39, 0.29) is 30.9 Å². The summed E-state index contributed by atoms with van der Waals surface area (Å²) in [6.07, 6.45) is 13.1. The van der Waals surface area contributed by atoms with Gasteiger partial charge < -0.3 is 26.4 Å². The Morgan fingerprint density at radius 2 is 1.94 bits per heavy atom. The number of hydrogen-bond acceptors (Lipinski definition) is 6. The summed E-state index contributed by atoms with van der Waals surface area (Å²) in [5.41, 5.74) is 11.6. The number of nitrogens with two attached hydrogens (primary N) is 2. The molecule has 0 unspecified atom stereocenters. The van der Waals surface area contributed by atoms with E-state index in [2.05, 4.69) is 20.6 Å². The third-order valence-electron chi connectivity index (χ3n) is 5.22. The second-order valence-electron chi connectivity index (χ2n) is 8.06. The van der Waals surface area contributed by atoms with Crippen LogP contribution in [0.2, 0.25) is 0 Å². The average molecular weight is 466 g/mol. The Bertz CT molecular complexity index is 650. The number of cyclic esters (lactones) is 1. The van der Waals surface area contributed by atoms with Crippen LogP contribution >= 0.6 is 0 Å². The minimum absolute atomic E-state index is 0.0379. The average Bonchev–Trinajstić information content (AvgIpc) is 2.78. The number of hydrogen-bond donors (Lipinski definition) is 4. The zero-order valence-corrected chi connectivity index (χ0v) is 20.2. The molecule has 0 radical (unpaired) electrons. The largest absolute Gasteiger partial charge is 0.466 e. The zero-order valence-electron chi connectivity index (χ0n) is 20.2. The van der Waals surface area contributed by atoms with Crippen molar-refractivity contribution in [3.8, 4) is 0 Å². The predicted molar refractivity (Wildman–Crippen MR) is 133 cm³/mol. The number of amides is 2. The van der Waals surface area contributed by atoms with Crippen LogP contribution in [0, 0.1) is 0 Å². The van der Waals surface area contributed by atoms with Crippen LogP contribution in [0.3, 0.4) is 0 Å². The van der Waals surface area contributed by atoms with Crippen LogP contribution in [-0.4, -0.2) is 68.2 Å². The van der Waals surface area contributed by atoms with Gasteiger partial charge in [0.2, 0.25) is 0 Å². The Morgan fingerprint density at radius 3 is 2.73 bits per heavy atom. The molecular formula is C23H43N7O3. The van der Waals surface area contributed by atoms with Gasteiger partial charge in [0.05, 0.1) is 26.1 Å². The summed E-state index contributed by atoms with van der Waals surface area (Å²) in [4.78, 5) is 34.2. The van der Waals surface area contributed by atoms with Gasteiger partial charge >= 0.3 is 12.0 Å². The number of nitrogens with zero attached hydrogens (tertiary/aromatic N) is 3. The van der Waals surface area contributed by atoms with Crippen LogP contribution in [-0.2, 0) is 9.53 Å². The van der Waals surface area contributed by atoms with Crippen LogP contribution < -0.4 is 22.1 Å². The summed E-state index contributed by atoms with van der Waals surface area (Å²) in [6.45, 7) is 5.36. The molecule has 0 saturated heterocycles. The number of urea groups is 1. The first-order valence-electron chi connectivity index (χ1n) is 12.2. The van der Waals surface area contributed by atoms with E-state index in [0.29, 0.717) is 32.2 Å². The number of carbonyl (C=O) groups excluding carboxylic acids is 2. The Hall–Kier alpha value is -2.78. The van der Waals surface area contributed by atoms with Crippen molar-refractivity contribution in [2.45, 2.75) is 71.1 Å². The highest BCUT2D eigenvalue weighted by molar-refractivity contribution is 5.95. The minimum Gasteiger partial charge on any atom is -0.466 e. The lowest BCUT2D eigenvalue weighted by atomic mass is 10.1. The van der Waals surface area contributed by atoms with Gasteiger partial charge in [0.1, 0.15) is 0 Å². The Kier molecular flexibility index (Phi) is 16.1. The highest BCUT2D eigenvalue weighted by Gasteiger charge is 2.14. The van der Waals surface area contributed by atoms with E-state index in [1.165, 1.54) is 0 Å². The highest BCUT2D eigenvalue weighted by Crippen LogP contribution is 2.08. The van der Waals surface area contributed by atoms with Crippen molar-refractivity contribution in [3.63, 3.8) is 0 Å². The zero-order chi connectivity index (χ0) is 24.2. The summed E-state index contributed by atoms with van der Waals surface area (Å²) < 4.78 is 5.16. The first kappa shape index (κ1) is 28.3. The van der Waals surface area contributed by atoms with E-state index in [1.807, 2.05) is 19.1 Å². The summed E-state index contributed by atoms with van der Waals surface area (Å²) in [5, 5.41) is 5.76. The molecule has 1 aliphatic rings. The smallest absolute Gasteiger partial charge is 0.324 e. The summed E-state index contributed by atoms with van der Waals surface area (Å²) in [5.74, 6) is 0.247. The van der Waals surface area contributed by atoms with Crippen molar-refractivity contribution in [1.29, 1.82) is 0 Å². The topological polar surface area (TPSA) is 147 Å². The van der Waals surface area contributed by atoms with Gasteiger partial charge in [0, 0.05) is 19.6 Å². The van der Waals surface area contributed by atoms with E-state index in [1.54, 1.807) is 4.90 Å². The van der Waals surface area contributed by atoms with Crippen LogP contribution in [0.5, 0.6) is 0 Å². The number of ether oxygens (including phenoxy) is 1. The lowest BCUT2D eigenvalue weighted by Crippen LogP contribution is -2.46. The van der Waals surface area contributed by atoms with Gasteiger partial charge in [0.25, 0.3) is 0 Å². The molecule has 1 rings (SSSR count). The molecule has 6 N–H and O–H groups in total. The molecule has 10 nitrogen and oxygen atoms in total. The van der Waals surface area contributed by atoms with Crippen molar-refractivity contribution in [3.05, 3.63) is 12.2 Å². The number of aliphatic imine (C=N–C) groups is 2. The van der Waals surface area contributed by atoms with E-state index >= 15 is 0 Å². The quantitative estimate of drug-likeness (QED) is 0.121. The van der Waals surface area contributed by atoms with Crippen LogP contribution in [0.25, 0.3) is 0 Å². The van der Waals surface area contributed by atoms with Crippen LogP contribution in [0.15, 0.2) is 22.1 Å². The maximum absolute atomic E-state index is 12.6. The Balaban J connectivity index is 2.25. The number of unbranched alkanes of at least 4 members (excludes halogenated alkanes) is 5. The number of rotatable bonds is 11. The van der Waals surface area contributed by atoms with Gasteiger partial charge in [0.15, 0.2) is 11.9 Å². The molecule has 0 atom stereocenters. The lowest BCUT2D eigenvalue weighted by molar-refractivity contribution is -0.143. The highest BCUT2D eigenvalue weighted by atomic mass is 16.5. The molecule has 1 aliphatic heterocycles. The molecule has 33 heavy (non-hydrogen) atoms. The normalized spacial score (nSPS) is 17.3. The van der Waals surface area contributed by atoms with Gasteiger partial charge in [-0.3, -0.25) is 15.1 Å². The molecule has 0 bridgehead atoms. The summed E-state index contributed by atoms with van der Waals surface area (Å²) in [6, 6.07) is -0.226. The number of guanidine groups is 2. The van der Waals surface area contributed by atoms with E-state index in [9.17, 15) is 9.59 Å². The number of allylic oxidation sites excluding steroid dienone is 1. The van der Waals surface area contributed by atoms with E-state index in [4.69, 9.17) is 16.2 Å². The maximum Gasteiger partial charge on any atom is 0.324 e. The summed E-state index contributed by atoms with van der Waals surface area (Å²) in [7, 11) is 0. The third kappa shape index (κ3) is 15.6. The number of esters is 1. The number of nitrogens with one attached hydrogen (secondary N) is 2. The van der Waals surface area contributed by atoms with Gasteiger partial charge in [-0.15, -0.1) is 0 Å². The maximum atomic E-state index is 12.6. The van der Waals surface area contributed by atoms with Crippen molar-refractivity contribution in [1.82, 2.24) is 15.5 Å². The van der Waals surface area contributed by atoms with E-state index in [0.717, 1.165) is 64.3 Å². The van der Waals surface area contributed by atoms with Crippen molar-refractivity contribution in [2.75, 3.05) is 39.3 Å². The van der Waals surface area contributed by atoms with Gasteiger partial charge in [-0.25, -0.2) is 9.79 Å². The molecular weight excluding hydrogens is 422 g/mol. The molecule has 2 amide bonds. The van der Waals surface area contributed by atoms with Crippen molar-refractivity contribution in [2.24, 2.45) is 21.5 Å². The molecule has 188 valence electrons. The predicted octanol–water partition coefficient (Wildman–Crippen LogP) is 2.25. The fourth-order valence-corrected chi connectivity index (χ4v) is 3.31. The van der Waals surface area contributed by atoms with E-state index < -0.39 is 0 Å². The second-order valence-corrected chi connectivity index (χ2v) is 8.06. The van der Waals surface area contributed by atoms with Gasteiger partial charge in [-0.2, -0.15) is 0 Å². The monoisotopic (exact) mass is 465 g/mol. The van der Waals surface area contributed by atoms with Crippen molar-refractivity contribution >= 4 is 23.9 Å². The molecule has 0 saturated carbocycles. The first-order valence-corrected chi connectivity index (χ1v) is 12.2. The number of carbonyl (C=O) groups is 2. The van der Waals surface area contributed by atoms with Gasteiger partial charge in [-0.1, -0.05) is 37.8 Å². The van der Waals surface area contributed by atoms with Crippen LogP contribution in [0.1, 0.15) is 71.1 Å². The van der Waals surface area contributed by atoms with Crippen LogP contribution in [0.4, 0.5) is 4.79 Å². The molecule has 0 fully saturated rings. The Labute approximate surface area is 198 Å². The first-order chi connectivity index (χ1) is 16.0. The van der Waals surface area contributed by atoms with Crippen molar-refractivity contribution < 1.29 is 14.3 Å². The molecule has 0 aliphatic carbocycles. The SMILES string of the molecule is C/C=C/CN=C(N)NCCCCCCCCN1CCCCCOC(=O)CCN=C(N)NC1=O. The standard InChI is InChI=1S/C23H43N7O3/c1-2-3-14-26-21(24)27-15-9-6-4-5-7-10-17-30-18-11-8-12-19-33-20(31)13-16-28-22(25)29-23(30)32/h2-3H,4-19H2,1H3,(H3,24,26,27)(H3,25,28,29,32)/b3-2+. The Morgan fingerprint density at radius 1 is 1.18 bits per heavy atom. The molecule has 10 heteroatoms.